The highest BCUT2D eigenvalue weighted by molar-refractivity contribution is 7.25. The van der Waals surface area contributed by atoms with E-state index in [-0.39, 0.29) is 5.41 Å². The van der Waals surface area contributed by atoms with E-state index in [2.05, 4.69) is 172 Å². The van der Waals surface area contributed by atoms with Crippen molar-refractivity contribution in [1.29, 1.82) is 0 Å². The largest absolute Gasteiger partial charge is 0.248 e. The van der Waals surface area contributed by atoms with Gasteiger partial charge in [-0.05, 0) is 57.6 Å². The fraction of sp³-hybridized carbons (Fsp3) is 0.0588. The molecule has 0 radical (unpaired) electrons. The molecule has 10 aromatic rings. The normalized spacial score (nSPS) is 13.0. The molecule has 0 saturated carbocycles. The third-order valence-electron chi connectivity index (χ3n) is 11.4. The predicted octanol–water partition coefficient (Wildman–Crippen LogP) is 13.4. The minimum Gasteiger partial charge on any atom is -0.248 e. The molecule has 0 unspecified atom stereocenters. The number of pyridine rings is 1. The summed E-state index contributed by atoms with van der Waals surface area (Å²) in [5, 5.41) is 3.74. The molecule has 0 spiro atoms. The molecule has 1 aliphatic carbocycles. The molecule has 0 N–H and O–H groups in total. The van der Waals surface area contributed by atoms with Crippen molar-refractivity contribution < 1.29 is 0 Å². The molecule has 3 heterocycles. The smallest absolute Gasteiger partial charge is 0.164 e. The Bertz CT molecular complexity index is 3160. The van der Waals surface area contributed by atoms with E-state index in [1.54, 1.807) is 0 Å². The topological polar surface area (TPSA) is 51.6 Å². The Morgan fingerprint density at radius 2 is 1.02 bits per heavy atom. The molecule has 5 heteroatoms. The van der Waals surface area contributed by atoms with Crippen LogP contribution in [0.15, 0.2) is 170 Å². The van der Waals surface area contributed by atoms with Crippen LogP contribution in [0, 0.1) is 0 Å². The highest BCUT2D eigenvalue weighted by Crippen LogP contribution is 2.51. The molecule has 0 fully saturated rings. The van der Waals surface area contributed by atoms with Crippen molar-refractivity contribution in [2.75, 3.05) is 0 Å². The first-order valence-electron chi connectivity index (χ1n) is 19.0. The quantitative estimate of drug-likeness (QED) is 0.177. The van der Waals surface area contributed by atoms with E-state index in [1.807, 2.05) is 23.5 Å². The maximum atomic E-state index is 5.23. The molecule has 0 aliphatic heterocycles. The maximum Gasteiger partial charge on any atom is 0.164 e. The van der Waals surface area contributed by atoms with Crippen molar-refractivity contribution in [1.82, 2.24) is 19.9 Å². The summed E-state index contributed by atoms with van der Waals surface area (Å²) >= 11 is 1.84. The predicted molar refractivity (Wildman–Crippen MR) is 233 cm³/mol. The van der Waals surface area contributed by atoms with Gasteiger partial charge >= 0.3 is 0 Å². The van der Waals surface area contributed by atoms with Crippen LogP contribution in [0.25, 0.3) is 98.7 Å². The van der Waals surface area contributed by atoms with Gasteiger partial charge in [0.1, 0.15) is 0 Å². The second kappa shape index (κ2) is 12.6. The van der Waals surface area contributed by atoms with Crippen LogP contribution in [0.3, 0.4) is 0 Å². The SMILES string of the molecule is CC1(C)c2ccccc2-c2c(-c3nc(-c4ccc(-c5ccc6c(c5)sc5ccccc56)cc4)nc(-c4ccc(-c5ccc6ccccc6n5)cc4)n3)cccc21. The summed E-state index contributed by atoms with van der Waals surface area (Å²) < 4.78 is 2.61. The Kier molecular flexibility index (Phi) is 7.35. The van der Waals surface area contributed by atoms with Crippen molar-refractivity contribution in [3.63, 3.8) is 0 Å². The lowest BCUT2D eigenvalue weighted by molar-refractivity contribution is 0.660. The number of thiophene rings is 1. The minimum absolute atomic E-state index is 0.137. The van der Waals surface area contributed by atoms with Gasteiger partial charge in [-0.15, -0.1) is 11.3 Å². The summed E-state index contributed by atoms with van der Waals surface area (Å²) in [6.45, 7) is 4.61. The number of para-hydroxylation sites is 1. The molecule has 264 valence electrons. The summed E-state index contributed by atoms with van der Waals surface area (Å²) in [7, 11) is 0. The third kappa shape index (κ3) is 5.27. The van der Waals surface area contributed by atoms with E-state index in [0.717, 1.165) is 44.4 Å². The van der Waals surface area contributed by atoms with E-state index in [0.29, 0.717) is 17.5 Å². The van der Waals surface area contributed by atoms with Gasteiger partial charge < -0.3 is 0 Å². The van der Waals surface area contributed by atoms with E-state index in [4.69, 9.17) is 19.9 Å². The van der Waals surface area contributed by atoms with Gasteiger partial charge in [0.25, 0.3) is 0 Å². The Balaban J connectivity index is 1.02. The first kappa shape index (κ1) is 32.6. The molecule has 11 rings (SSSR count). The molecule has 7 aromatic carbocycles. The van der Waals surface area contributed by atoms with E-state index < -0.39 is 0 Å². The first-order valence-corrected chi connectivity index (χ1v) is 19.8. The summed E-state index contributed by atoms with van der Waals surface area (Å²) in [5.41, 5.74) is 13.1. The molecular weight excluding hydrogens is 701 g/mol. The van der Waals surface area contributed by atoms with Crippen LogP contribution in [0.2, 0.25) is 0 Å². The highest BCUT2D eigenvalue weighted by Gasteiger charge is 2.37. The monoisotopic (exact) mass is 734 g/mol. The van der Waals surface area contributed by atoms with Gasteiger partial charge in [-0.25, -0.2) is 19.9 Å². The summed E-state index contributed by atoms with van der Waals surface area (Å²) in [6.07, 6.45) is 0. The summed E-state index contributed by atoms with van der Waals surface area (Å²) in [6, 6.07) is 60.1. The standard InChI is InChI=1S/C51H34N4S/c1-51(2)41-14-6-4-12-39(41)47-40(13-9-15-42(47)51)50-54-48(34-22-18-31(19-23-34)36-26-28-38-37-11-5-8-17-45(37)56-46(38)30-36)53-49(55-50)35-24-20-33(21-25-35)44-29-27-32-10-3-7-16-43(32)52-44/h3-30H,1-2H3. The Labute approximate surface area is 328 Å². The fourth-order valence-corrected chi connectivity index (χ4v) is 9.57. The number of nitrogens with zero attached hydrogens (tertiary/aromatic N) is 4. The molecule has 0 amide bonds. The van der Waals surface area contributed by atoms with Gasteiger partial charge in [-0.3, -0.25) is 0 Å². The Hall–Kier alpha value is -6.82. The average Bonchev–Trinajstić information content (AvgIpc) is 3.75. The molecule has 1 aliphatic rings. The molecule has 56 heavy (non-hydrogen) atoms. The van der Waals surface area contributed by atoms with Crippen molar-refractivity contribution in [3.8, 4) is 67.7 Å². The number of rotatable bonds is 5. The van der Waals surface area contributed by atoms with Gasteiger partial charge in [-0.2, -0.15) is 0 Å². The van der Waals surface area contributed by atoms with Crippen molar-refractivity contribution in [2.45, 2.75) is 19.3 Å². The second-order valence-corrected chi connectivity index (χ2v) is 16.1. The van der Waals surface area contributed by atoms with Gasteiger partial charge in [0.05, 0.1) is 11.2 Å². The number of hydrogen-bond acceptors (Lipinski definition) is 5. The van der Waals surface area contributed by atoms with Crippen LogP contribution in [-0.2, 0) is 5.41 Å². The lowest BCUT2D eigenvalue weighted by Crippen LogP contribution is -2.14. The zero-order valence-corrected chi connectivity index (χ0v) is 31.7. The molecule has 0 saturated heterocycles. The fourth-order valence-electron chi connectivity index (χ4n) is 8.43. The van der Waals surface area contributed by atoms with Crippen LogP contribution < -0.4 is 0 Å². The number of hydrogen-bond donors (Lipinski definition) is 0. The van der Waals surface area contributed by atoms with Gasteiger partial charge in [0.2, 0.25) is 0 Å². The van der Waals surface area contributed by atoms with Crippen LogP contribution in [-0.4, -0.2) is 19.9 Å². The number of aromatic nitrogens is 4. The van der Waals surface area contributed by atoms with Crippen LogP contribution in [0.5, 0.6) is 0 Å². The minimum atomic E-state index is -0.137. The lowest BCUT2D eigenvalue weighted by atomic mass is 9.82. The average molecular weight is 735 g/mol. The zero-order valence-electron chi connectivity index (χ0n) is 30.9. The molecular formula is C51H34N4S. The molecule has 0 bridgehead atoms. The van der Waals surface area contributed by atoms with Crippen molar-refractivity contribution in [2.24, 2.45) is 0 Å². The zero-order chi connectivity index (χ0) is 37.4. The lowest BCUT2D eigenvalue weighted by Gasteiger charge is -2.21. The summed E-state index contributed by atoms with van der Waals surface area (Å²) in [5.74, 6) is 1.93. The van der Waals surface area contributed by atoms with Gasteiger partial charge in [-0.1, -0.05) is 159 Å². The Morgan fingerprint density at radius 1 is 0.411 bits per heavy atom. The first-order chi connectivity index (χ1) is 27.5. The van der Waals surface area contributed by atoms with Gasteiger partial charge in [0, 0.05) is 53.2 Å². The molecule has 0 atom stereocenters. The molecule has 4 nitrogen and oxygen atoms in total. The van der Waals surface area contributed by atoms with E-state index in [9.17, 15) is 0 Å². The van der Waals surface area contributed by atoms with Crippen LogP contribution >= 0.6 is 11.3 Å². The number of fused-ring (bicyclic) bond motifs is 7. The van der Waals surface area contributed by atoms with E-state index >= 15 is 0 Å². The van der Waals surface area contributed by atoms with Crippen molar-refractivity contribution >= 4 is 42.4 Å². The van der Waals surface area contributed by atoms with E-state index in [1.165, 1.54) is 48.0 Å². The Morgan fingerprint density at radius 3 is 1.84 bits per heavy atom. The van der Waals surface area contributed by atoms with Crippen LogP contribution in [0.1, 0.15) is 25.0 Å². The highest BCUT2D eigenvalue weighted by atomic mass is 32.1. The number of benzene rings is 7. The van der Waals surface area contributed by atoms with Crippen LogP contribution in [0.4, 0.5) is 0 Å². The summed E-state index contributed by atoms with van der Waals surface area (Å²) in [4.78, 5) is 20.5. The maximum absolute atomic E-state index is 5.23. The third-order valence-corrected chi connectivity index (χ3v) is 12.5. The second-order valence-electron chi connectivity index (χ2n) is 15.1. The van der Waals surface area contributed by atoms with Crippen molar-refractivity contribution in [3.05, 3.63) is 181 Å². The van der Waals surface area contributed by atoms with Gasteiger partial charge in [0.15, 0.2) is 17.5 Å². The molecule has 3 aromatic heterocycles.